The third kappa shape index (κ3) is 4.01. The minimum absolute atomic E-state index is 0.0892. The monoisotopic (exact) mass is 441 g/mol. The Kier molecular flexibility index (Phi) is 5.69. The molecular formula is C21H20ClN5O2S. The molecular weight excluding hydrogens is 422 g/mol. The molecule has 0 bridgehead atoms. The molecule has 0 aliphatic carbocycles. The summed E-state index contributed by atoms with van der Waals surface area (Å²) in [4.78, 5) is 37.2. The van der Waals surface area contributed by atoms with Crippen molar-refractivity contribution in [3.63, 3.8) is 0 Å². The van der Waals surface area contributed by atoms with Crippen LogP contribution in [-0.4, -0.2) is 25.5 Å². The van der Waals surface area contributed by atoms with E-state index < -0.39 is 0 Å². The average Bonchev–Trinajstić information content (AvgIpc) is 3.40. The Morgan fingerprint density at radius 1 is 1.23 bits per heavy atom. The molecule has 3 aromatic heterocycles. The van der Waals surface area contributed by atoms with Crippen LogP contribution < -0.4 is 10.5 Å². The highest BCUT2D eigenvalue weighted by atomic mass is 35.5. The molecule has 0 aliphatic rings. The number of carbonyl (C=O) groups excluding carboxylic acids is 1. The highest BCUT2D eigenvalue weighted by Gasteiger charge is 2.21. The summed E-state index contributed by atoms with van der Waals surface area (Å²) >= 11 is 7.51. The molecule has 0 saturated carbocycles. The van der Waals surface area contributed by atoms with Crippen molar-refractivity contribution in [1.29, 1.82) is 0 Å². The zero-order valence-corrected chi connectivity index (χ0v) is 18.1. The van der Waals surface area contributed by atoms with E-state index in [4.69, 9.17) is 11.6 Å². The minimum Gasteiger partial charge on any atom is -0.276 e. The first kappa shape index (κ1) is 20.3. The molecule has 0 unspecified atom stereocenters. The maximum Gasteiger partial charge on any atom is 0.277 e. The van der Waals surface area contributed by atoms with Gasteiger partial charge >= 0.3 is 0 Å². The van der Waals surface area contributed by atoms with Crippen molar-refractivity contribution in [2.24, 2.45) is 0 Å². The Labute approximate surface area is 182 Å². The maximum atomic E-state index is 13.1. The number of rotatable bonds is 6. The fraction of sp³-hybridized carbons (Fsp3) is 0.238. The number of thiophene rings is 1. The summed E-state index contributed by atoms with van der Waals surface area (Å²) < 4.78 is 1.30. The number of hydrogen-bond donors (Lipinski definition) is 1. The van der Waals surface area contributed by atoms with Gasteiger partial charge in [0.05, 0.1) is 12.2 Å². The maximum absolute atomic E-state index is 13.1. The van der Waals surface area contributed by atoms with Crippen LogP contribution in [0.25, 0.3) is 5.78 Å². The molecule has 30 heavy (non-hydrogen) atoms. The van der Waals surface area contributed by atoms with Gasteiger partial charge in [-0.3, -0.25) is 19.6 Å². The highest BCUT2D eigenvalue weighted by molar-refractivity contribution is 7.09. The van der Waals surface area contributed by atoms with Crippen molar-refractivity contribution < 1.29 is 4.79 Å². The number of nitrogens with zero attached hydrogens (tertiary/aromatic N) is 4. The van der Waals surface area contributed by atoms with Crippen LogP contribution in [0.5, 0.6) is 0 Å². The number of fused-ring (bicyclic) bond motifs is 1. The Morgan fingerprint density at radius 3 is 2.67 bits per heavy atom. The van der Waals surface area contributed by atoms with Gasteiger partial charge in [0.2, 0.25) is 11.9 Å². The quantitative estimate of drug-likeness (QED) is 0.490. The molecule has 1 aromatic carbocycles. The molecule has 0 atom stereocenters. The van der Waals surface area contributed by atoms with Crippen LogP contribution in [0.2, 0.25) is 5.02 Å². The predicted octanol–water partition coefficient (Wildman–Crippen LogP) is 3.97. The molecule has 154 valence electrons. The van der Waals surface area contributed by atoms with Gasteiger partial charge in [-0.05, 0) is 36.1 Å². The van der Waals surface area contributed by atoms with E-state index in [0.29, 0.717) is 41.6 Å². The fourth-order valence-corrected chi connectivity index (χ4v) is 4.02. The third-order valence-electron chi connectivity index (χ3n) is 4.83. The van der Waals surface area contributed by atoms with Crippen LogP contribution in [0, 0.1) is 6.92 Å². The van der Waals surface area contributed by atoms with Crippen LogP contribution in [0.3, 0.4) is 0 Å². The summed E-state index contributed by atoms with van der Waals surface area (Å²) in [5.74, 6) is 0.462. The van der Waals surface area contributed by atoms with E-state index in [9.17, 15) is 9.59 Å². The van der Waals surface area contributed by atoms with Crippen molar-refractivity contribution >= 4 is 40.6 Å². The summed E-state index contributed by atoms with van der Waals surface area (Å²) in [7, 11) is 0. The van der Waals surface area contributed by atoms with Crippen molar-refractivity contribution in [3.8, 4) is 0 Å². The van der Waals surface area contributed by atoms with E-state index in [1.165, 1.54) is 4.52 Å². The van der Waals surface area contributed by atoms with Gasteiger partial charge in [-0.1, -0.05) is 36.7 Å². The van der Waals surface area contributed by atoms with E-state index in [1.54, 1.807) is 42.2 Å². The van der Waals surface area contributed by atoms with E-state index in [0.717, 1.165) is 10.4 Å². The second-order valence-electron chi connectivity index (χ2n) is 6.88. The number of nitrogens with one attached hydrogen (secondary N) is 1. The number of carbonyl (C=O) groups is 1. The smallest absolute Gasteiger partial charge is 0.276 e. The van der Waals surface area contributed by atoms with Crippen LogP contribution in [0.4, 0.5) is 5.95 Å². The summed E-state index contributed by atoms with van der Waals surface area (Å²) in [5, 5.41) is 5.58. The van der Waals surface area contributed by atoms with Gasteiger partial charge in [-0.25, -0.2) is 4.98 Å². The van der Waals surface area contributed by atoms with Crippen LogP contribution in [0.1, 0.15) is 35.0 Å². The lowest BCUT2D eigenvalue weighted by Crippen LogP contribution is -2.30. The average molecular weight is 442 g/mol. The zero-order chi connectivity index (χ0) is 21.3. The Hall–Kier alpha value is -2.97. The van der Waals surface area contributed by atoms with Crippen LogP contribution in [-0.2, 0) is 17.8 Å². The topological polar surface area (TPSA) is 83.4 Å². The summed E-state index contributed by atoms with van der Waals surface area (Å²) in [6.07, 6.45) is 0.754. The lowest BCUT2D eigenvalue weighted by molar-refractivity contribution is -0.118. The van der Waals surface area contributed by atoms with Crippen LogP contribution >= 0.6 is 22.9 Å². The van der Waals surface area contributed by atoms with Crippen molar-refractivity contribution in [1.82, 2.24) is 19.6 Å². The predicted molar refractivity (Wildman–Crippen MR) is 118 cm³/mol. The van der Waals surface area contributed by atoms with Gasteiger partial charge in [0.15, 0.2) is 0 Å². The normalized spacial score (nSPS) is 11.2. The number of hydrogen-bond acceptors (Lipinski definition) is 5. The molecule has 1 amide bonds. The Bertz CT molecular complexity index is 1250. The first-order valence-corrected chi connectivity index (χ1v) is 10.8. The standard InChI is InChI=1S/C21H20ClN5O2S/c1-3-18(28)26(12-16-5-4-10-30-16)21-24-20-23-13(2)17(19(29)27(20)25-21)11-14-6-8-15(22)9-7-14/h4-10H,3,11-12H2,1-2H3,(H,23,24,25). The van der Waals surface area contributed by atoms with Gasteiger partial charge in [0, 0.05) is 28.3 Å². The van der Waals surface area contributed by atoms with Gasteiger partial charge in [-0.15, -0.1) is 11.3 Å². The van der Waals surface area contributed by atoms with E-state index >= 15 is 0 Å². The molecule has 0 radical (unpaired) electrons. The zero-order valence-electron chi connectivity index (χ0n) is 16.6. The number of anilines is 1. The molecule has 0 aliphatic heterocycles. The third-order valence-corrected chi connectivity index (χ3v) is 5.94. The molecule has 4 rings (SSSR count). The number of aromatic nitrogens is 4. The number of H-pyrrole nitrogens is 1. The lowest BCUT2D eigenvalue weighted by atomic mass is 10.1. The number of benzene rings is 1. The first-order valence-electron chi connectivity index (χ1n) is 9.51. The molecule has 4 aromatic rings. The summed E-state index contributed by atoms with van der Waals surface area (Å²) in [5.41, 5.74) is 1.91. The van der Waals surface area contributed by atoms with E-state index in [-0.39, 0.29) is 17.2 Å². The second kappa shape index (κ2) is 8.41. The molecule has 0 saturated heterocycles. The Morgan fingerprint density at radius 2 is 2.00 bits per heavy atom. The SMILES string of the molecule is CCC(=O)N(Cc1cccs1)c1nc2nc(C)c(Cc3ccc(Cl)cc3)c(=O)n2[nH]1. The van der Waals surface area contributed by atoms with Gasteiger partial charge < -0.3 is 0 Å². The van der Waals surface area contributed by atoms with Crippen molar-refractivity contribution in [2.45, 2.75) is 33.2 Å². The Balaban J connectivity index is 1.74. The largest absolute Gasteiger partial charge is 0.277 e. The lowest BCUT2D eigenvalue weighted by Gasteiger charge is -2.17. The van der Waals surface area contributed by atoms with E-state index in [2.05, 4.69) is 15.1 Å². The second-order valence-corrected chi connectivity index (χ2v) is 8.35. The fourth-order valence-electron chi connectivity index (χ4n) is 3.20. The minimum atomic E-state index is -0.230. The number of aromatic amines is 1. The first-order chi connectivity index (χ1) is 14.5. The van der Waals surface area contributed by atoms with Gasteiger partial charge in [-0.2, -0.15) is 9.50 Å². The summed E-state index contributed by atoms with van der Waals surface area (Å²) in [6.45, 7) is 3.97. The number of aryl methyl sites for hydroxylation is 1. The molecule has 9 heteroatoms. The van der Waals surface area contributed by atoms with Crippen molar-refractivity contribution in [3.05, 3.63) is 78.9 Å². The number of amides is 1. The van der Waals surface area contributed by atoms with Crippen molar-refractivity contribution in [2.75, 3.05) is 4.90 Å². The van der Waals surface area contributed by atoms with E-state index in [1.807, 2.05) is 29.6 Å². The summed E-state index contributed by atoms with van der Waals surface area (Å²) in [6, 6.07) is 11.3. The molecule has 1 N–H and O–H groups in total. The van der Waals surface area contributed by atoms with Crippen LogP contribution in [0.15, 0.2) is 46.6 Å². The van der Waals surface area contributed by atoms with Gasteiger partial charge in [0.25, 0.3) is 11.3 Å². The molecule has 0 fully saturated rings. The molecule has 3 heterocycles. The molecule has 7 nitrogen and oxygen atoms in total. The van der Waals surface area contributed by atoms with Gasteiger partial charge in [0.1, 0.15) is 0 Å². The highest BCUT2D eigenvalue weighted by Crippen LogP contribution is 2.19. The number of halogens is 1. The molecule has 0 spiro atoms.